The average Bonchev–Trinajstić information content (AvgIpc) is 3.08. The Balaban J connectivity index is 1.89. The first-order chi connectivity index (χ1) is 12.3. The van der Waals surface area contributed by atoms with Gasteiger partial charge in [0.05, 0.1) is 10.9 Å². The van der Waals surface area contributed by atoms with Crippen LogP contribution in [0.1, 0.15) is 5.56 Å². The fourth-order valence-electron chi connectivity index (χ4n) is 2.75. The number of benzene rings is 1. The molecule has 0 radical (unpaired) electrons. The molecule has 0 spiro atoms. The highest BCUT2D eigenvalue weighted by Crippen LogP contribution is 2.24. The van der Waals surface area contributed by atoms with Crippen molar-refractivity contribution in [3.63, 3.8) is 0 Å². The minimum Gasteiger partial charge on any atom is -0.272 e. The fraction of sp³-hybridized carbons (Fsp3) is 0.111. The van der Waals surface area contributed by atoms with Gasteiger partial charge in [-0.25, -0.2) is 0 Å². The molecule has 0 fully saturated rings. The molecule has 3 heterocycles. The summed E-state index contributed by atoms with van der Waals surface area (Å²) in [5.41, 5.74) is 1.83. The lowest BCUT2D eigenvalue weighted by Crippen LogP contribution is -2.22. The van der Waals surface area contributed by atoms with E-state index in [1.807, 2.05) is 47.0 Å². The highest BCUT2D eigenvalue weighted by Gasteiger charge is 2.16. The summed E-state index contributed by atoms with van der Waals surface area (Å²) in [6.07, 6.45) is 5.28. The Morgan fingerprint density at radius 1 is 1.16 bits per heavy atom. The van der Waals surface area contributed by atoms with Gasteiger partial charge in [0.2, 0.25) is 5.78 Å². The largest absolute Gasteiger partial charge is 0.272 e. The second-order valence-electron chi connectivity index (χ2n) is 5.49. The molecule has 0 saturated carbocycles. The summed E-state index contributed by atoms with van der Waals surface area (Å²) < 4.78 is 3.53. The van der Waals surface area contributed by atoms with E-state index >= 15 is 0 Å². The number of rotatable bonds is 5. The standard InChI is InChI=1S/C18H15N5OS/c1-2-10-22-16(24)14-7-3-4-8-15(14)23-17(22)20-21-18(23)25-12-13-6-5-9-19-11-13/h2-9,11H,1,10,12H2. The van der Waals surface area contributed by atoms with Crippen molar-refractivity contribution >= 4 is 28.4 Å². The predicted molar refractivity (Wildman–Crippen MR) is 98.7 cm³/mol. The number of allylic oxidation sites excluding steroid dienone is 1. The summed E-state index contributed by atoms with van der Waals surface area (Å²) in [7, 11) is 0. The molecule has 7 heteroatoms. The van der Waals surface area contributed by atoms with Crippen LogP contribution in [0.25, 0.3) is 16.7 Å². The van der Waals surface area contributed by atoms with E-state index < -0.39 is 0 Å². The molecule has 25 heavy (non-hydrogen) atoms. The van der Waals surface area contributed by atoms with Crippen molar-refractivity contribution in [3.05, 3.63) is 77.4 Å². The molecule has 4 aromatic rings. The highest BCUT2D eigenvalue weighted by molar-refractivity contribution is 7.98. The van der Waals surface area contributed by atoms with Gasteiger partial charge in [-0.15, -0.1) is 16.8 Å². The summed E-state index contributed by atoms with van der Waals surface area (Å²) in [6, 6.07) is 11.4. The van der Waals surface area contributed by atoms with Crippen molar-refractivity contribution in [1.82, 2.24) is 24.1 Å². The molecule has 3 aromatic heterocycles. The van der Waals surface area contributed by atoms with Crippen LogP contribution in [0.4, 0.5) is 0 Å². The molecular formula is C18H15N5OS. The van der Waals surface area contributed by atoms with Crippen LogP contribution in [0.15, 0.2) is 71.4 Å². The second kappa shape index (κ2) is 6.52. The topological polar surface area (TPSA) is 65.1 Å². The van der Waals surface area contributed by atoms with Crippen LogP contribution in [0, 0.1) is 0 Å². The number of para-hydroxylation sites is 1. The normalized spacial score (nSPS) is 11.2. The summed E-state index contributed by atoms with van der Waals surface area (Å²) in [5, 5.41) is 9.94. The minimum absolute atomic E-state index is 0.0841. The molecule has 4 rings (SSSR count). The Kier molecular flexibility index (Phi) is 4.07. The van der Waals surface area contributed by atoms with E-state index in [1.54, 1.807) is 28.6 Å². The lowest BCUT2D eigenvalue weighted by atomic mass is 10.2. The summed E-state index contributed by atoms with van der Waals surface area (Å²) in [6.45, 7) is 4.12. The van der Waals surface area contributed by atoms with E-state index in [1.165, 1.54) is 0 Å². The summed E-state index contributed by atoms with van der Waals surface area (Å²) >= 11 is 1.57. The molecule has 124 valence electrons. The molecule has 0 atom stereocenters. The summed E-state index contributed by atoms with van der Waals surface area (Å²) in [4.78, 5) is 16.9. The molecule has 6 nitrogen and oxygen atoms in total. The van der Waals surface area contributed by atoms with Crippen molar-refractivity contribution in [3.8, 4) is 0 Å². The van der Waals surface area contributed by atoms with Crippen LogP contribution in [0.2, 0.25) is 0 Å². The Labute approximate surface area is 147 Å². The summed E-state index contributed by atoms with van der Waals surface area (Å²) in [5.74, 6) is 1.25. The number of thioether (sulfide) groups is 1. The van der Waals surface area contributed by atoms with Crippen molar-refractivity contribution in [2.24, 2.45) is 0 Å². The average molecular weight is 349 g/mol. The van der Waals surface area contributed by atoms with E-state index in [-0.39, 0.29) is 5.56 Å². The zero-order chi connectivity index (χ0) is 17.2. The molecule has 0 aliphatic heterocycles. The SMILES string of the molecule is C=CCn1c(=O)c2ccccc2n2c(SCc3cccnc3)nnc12. The molecule has 0 aliphatic rings. The third kappa shape index (κ3) is 2.72. The quantitative estimate of drug-likeness (QED) is 0.409. The molecule has 0 aliphatic carbocycles. The van der Waals surface area contributed by atoms with E-state index in [0.29, 0.717) is 17.7 Å². The molecule has 0 bridgehead atoms. The monoisotopic (exact) mass is 349 g/mol. The van der Waals surface area contributed by atoms with Gasteiger partial charge in [0.15, 0.2) is 5.16 Å². The van der Waals surface area contributed by atoms with Crippen molar-refractivity contribution in [2.45, 2.75) is 17.5 Å². The zero-order valence-electron chi connectivity index (χ0n) is 13.4. The van der Waals surface area contributed by atoms with Crippen LogP contribution in [-0.2, 0) is 12.3 Å². The molecule has 0 unspecified atom stereocenters. The molecule has 0 amide bonds. The van der Waals surface area contributed by atoms with Gasteiger partial charge in [-0.3, -0.25) is 18.7 Å². The Bertz CT molecular complexity index is 1120. The number of fused-ring (bicyclic) bond motifs is 3. The Morgan fingerprint density at radius 2 is 2.04 bits per heavy atom. The third-order valence-electron chi connectivity index (χ3n) is 3.88. The van der Waals surface area contributed by atoms with Crippen LogP contribution >= 0.6 is 11.8 Å². The smallest absolute Gasteiger partial charge is 0.263 e. The van der Waals surface area contributed by atoms with Gasteiger partial charge in [-0.1, -0.05) is 36.0 Å². The molecule has 0 N–H and O–H groups in total. The number of pyridine rings is 1. The van der Waals surface area contributed by atoms with E-state index in [2.05, 4.69) is 21.8 Å². The van der Waals surface area contributed by atoms with Gasteiger partial charge in [0, 0.05) is 24.7 Å². The minimum atomic E-state index is -0.0841. The van der Waals surface area contributed by atoms with Gasteiger partial charge >= 0.3 is 0 Å². The fourth-order valence-corrected chi connectivity index (χ4v) is 3.63. The van der Waals surface area contributed by atoms with Crippen molar-refractivity contribution in [1.29, 1.82) is 0 Å². The maximum Gasteiger partial charge on any atom is 0.263 e. The Morgan fingerprint density at radius 3 is 2.84 bits per heavy atom. The van der Waals surface area contributed by atoms with Gasteiger partial charge < -0.3 is 0 Å². The first kappa shape index (κ1) is 15.6. The number of nitrogens with zero attached hydrogens (tertiary/aromatic N) is 5. The van der Waals surface area contributed by atoms with Gasteiger partial charge in [0.25, 0.3) is 5.56 Å². The zero-order valence-corrected chi connectivity index (χ0v) is 14.2. The first-order valence-corrected chi connectivity index (χ1v) is 8.77. The number of aromatic nitrogens is 5. The predicted octanol–water partition coefficient (Wildman–Crippen LogP) is 2.92. The Hall–Kier alpha value is -2.93. The molecule has 0 saturated heterocycles. The van der Waals surface area contributed by atoms with Gasteiger partial charge in [-0.2, -0.15) is 0 Å². The van der Waals surface area contributed by atoms with Crippen LogP contribution in [-0.4, -0.2) is 24.1 Å². The third-order valence-corrected chi connectivity index (χ3v) is 4.88. The highest BCUT2D eigenvalue weighted by atomic mass is 32.2. The maximum atomic E-state index is 12.7. The van der Waals surface area contributed by atoms with Gasteiger partial charge in [0.1, 0.15) is 0 Å². The van der Waals surface area contributed by atoms with E-state index in [9.17, 15) is 4.79 Å². The maximum absolute atomic E-state index is 12.7. The van der Waals surface area contributed by atoms with Crippen LogP contribution in [0.3, 0.4) is 0 Å². The molecular weight excluding hydrogens is 334 g/mol. The van der Waals surface area contributed by atoms with E-state index in [4.69, 9.17) is 0 Å². The number of hydrogen-bond acceptors (Lipinski definition) is 5. The van der Waals surface area contributed by atoms with Crippen LogP contribution < -0.4 is 5.56 Å². The van der Waals surface area contributed by atoms with Crippen LogP contribution in [0.5, 0.6) is 0 Å². The van der Waals surface area contributed by atoms with E-state index in [0.717, 1.165) is 22.0 Å². The van der Waals surface area contributed by atoms with Crippen molar-refractivity contribution < 1.29 is 0 Å². The lowest BCUT2D eigenvalue weighted by Gasteiger charge is -2.09. The van der Waals surface area contributed by atoms with Gasteiger partial charge in [-0.05, 0) is 23.8 Å². The van der Waals surface area contributed by atoms with Crippen molar-refractivity contribution in [2.75, 3.05) is 0 Å². The lowest BCUT2D eigenvalue weighted by molar-refractivity contribution is 0.783. The second-order valence-corrected chi connectivity index (χ2v) is 6.43. The molecule has 1 aromatic carbocycles. The first-order valence-electron chi connectivity index (χ1n) is 7.79. The number of hydrogen-bond donors (Lipinski definition) is 0.